The number of aromatic nitrogens is 1. The molecule has 0 bridgehead atoms. The van der Waals surface area contributed by atoms with Gasteiger partial charge in [0.1, 0.15) is 5.82 Å². The van der Waals surface area contributed by atoms with E-state index in [-0.39, 0.29) is 0 Å². The summed E-state index contributed by atoms with van der Waals surface area (Å²) in [7, 11) is 1.75. The molecular formula is C16H27N3O. The van der Waals surface area contributed by atoms with Crippen LogP contribution in [-0.4, -0.2) is 37.8 Å². The van der Waals surface area contributed by atoms with Crippen molar-refractivity contribution in [2.75, 3.05) is 31.7 Å². The van der Waals surface area contributed by atoms with E-state index in [0.29, 0.717) is 5.92 Å². The van der Waals surface area contributed by atoms with Crippen LogP contribution in [0.3, 0.4) is 0 Å². The molecule has 1 aromatic rings. The van der Waals surface area contributed by atoms with Crippen molar-refractivity contribution in [1.82, 2.24) is 10.3 Å². The van der Waals surface area contributed by atoms with E-state index in [9.17, 15) is 0 Å². The Morgan fingerprint density at radius 2 is 2.25 bits per heavy atom. The molecule has 4 nitrogen and oxygen atoms in total. The van der Waals surface area contributed by atoms with Crippen LogP contribution in [0.25, 0.3) is 0 Å². The molecule has 4 heteroatoms. The van der Waals surface area contributed by atoms with Crippen molar-refractivity contribution in [1.29, 1.82) is 0 Å². The molecular weight excluding hydrogens is 250 g/mol. The summed E-state index contributed by atoms with van der Waals surface area (Å²) in [5, 5.41) is 3.55. The van der Waals surface area contributed by atoms with E-state index in [1.807, 2.05) is 6.20 Å². The van der Waals surface area contributed by atoms with Crippen LogP contribution in [0.1, 0.15) is 32.3 Å². The summed E-state index contributed by atoms with van der Waals surface area (Å²) < 4.78 is 5.21. The van der Waals surface area contributed by atoms with Gasteiger partial charge in [0.05, 0.1) is 6.61 Å². The molecule has 1 fully saturated rings. The zero-order valence-electron chi connectivity index (χ0n) is 12.9. The Kier molecular flexibility index (Phi) is 5.80. The quantitative estimate of drug-likeness (QED) is 0.752. The van der Waals surface area contributed by atoms with Gasteiger partial charge in [0.25, 0.3) is 0 Å². The Balaban J connectivity index is 1.99. The molecule has 1 aliphatic carbocycles. The molecule has 0 radical (unpaired) electrons. The summed E-state index contributed by atoms with van der Waals surface area (Å²) in [6, 6.07) is 5.04. The van der Waals surface area contributed by atoms with Crippen LogP contribution in [0.5, 0.6) is 0 Å². The number of nitrogens with one attached hydrogen (secondary N) is 1. The number of pyridine rings is 1. The van der Waals surface area contributed by atoms with E-state index in [0.717, 1.165) is 38.1 Å². The van der Waals surface area contributed by atoms with E-state index in [2.05, 4.69) is 41.2 Å². The maximum Gasteiger partial charge on any atom is 0.128 e. The lowest BCUT2D eigenvalue weighted by Gasteiger charge is -2.25. The second-order valence-electron chi connectivity index (χ2n) is 6.01. The van der Waals surface area contributed by atoms with Crippen molar-refractivity contribution in [3.8, 4) is 0 Å². The first-order valence-electron chi connectivity index (χ1n) is 7.61. The first kappa shape index (κ1) is 15.3. The van der Waals surface area contributed by atoms with Gasteiger partial charge in [-0.1, -0.05) is 13.8 Å². The van der Waals surface area contributed by atoms with Crippen LogP contribution in [0, 0.1) is 5.92 Å². The lowest BCUT2D eigenvalue weighted by atomic mass is 10.2. The van der Waals surface area contributed by atoms with Gasteiger partial charge in [0, 0.05) is 39.0 Å². The summed E-state index contributed by atoms with van der Waals surface area (Å²) in [5.41, 5.74) is 1.31. The molecule has 112 valence electrons. The summed E-state index contributed by atoms with van der Waals surface area (Å²) in [4.78, 5) is 6.85. The minimum atomic E-state index is 0.613. The van der Waals surface area contributed by atoms with Gasteiger partial charge in [-0.05, 0) is 36.5 Å². The van der Waals surface area contributed by atoms with Crippen molar-refractivity contribution in [3.05, 3.63) is 23.9 Å². The predicted molar refractivity (Wildman–Crippen MR) is 83.0 cm³/mol. The van der Waals surface area contributed by atoms with Gasteiger partial charge in [-0.2, -0.15) is 0 Å². The third-order valence-electron chi connectivity index (χ3n) is 3.46. The monoisotopic (exact) mass is 277 g/mol. The molecule has 0 aliphatic heterocycles. The van der Waals surface area contributed by atoms with Crippen molar-refractivity contribution in [3.63, 3.8) is 0 Å². The average Bonchev–Trinajstić information content (AvgIpc) is 3.25. The van der Waals surface area contributed by atoms with E-state index in [4.69, 9.17) is 4.74 Å². The molecule has 20 heavy (non-hydrogen) atoms. The normalized spacial score (nSPS) is 14.8. The summed E-state index contributed by atoms with van der Waals surface area (Å²) in [5.74, 6) is 1.67. The van der Waals surface area contributed by atoms with E-state index in [1.54, 1.807) is 7.11 Å². The first-order chi connectivity index (χ1) is 9.69. The Morgan fingerprint density at radius 1 is 1.45 bits per heavy atom. The number of methoxy groups -OCH3 is 1. The highest BCUT2D eigenvalue weighted by Gasteiger charge is 2.20. The second kappa shape index (κ2) is 7.60. The van der Waals surface area contributed by atoms with Gasteiger partial charge in [-0.15, -0.1) is 0 Å². The van der Waals surface area contributed by atoms with Gasteiger partial charge >= 0.3 is 0 Å². The maximum atomic E-state index is 5.21. The lowest BCUT2D eigenvalue weighted by molar-refractivity contribution is 0.204. The minimum absolute atomic E-state index is 0.613. The molecule has 1 heterocycles. The highest BCUT2D eigenvalue weighted by molar-refractivity contribution is 5.41. The van der Waals surface area contributed by atoms with Crippen LogP contribution >= 0.6 is 0 Å². The number of hydrogen-bond donors (Lipinski definition) is 1. The van der Waals surface area contributed by atoms with Gasteiger partial charge in [0.2, 0.25) is 0 Å². The van der Waals surface area contributed by atoms with Crippen LogP contribution < -0.4 is 10.2 Å². The maximum absolute atomic E-state index is 5.21. The van der Waals surface area contributed by atoms with Gasteiger partial charge in [0.15, 0.2) is 0 Å². The van der Waals surface area contributed by atoms with Crippen LogP contribution in [0.4, 0.5) is 5.82 Å². The summed E-state index contributed by atoms with van der Waals surface area (Å²) >= 11 is 0. The predicted octanol–water partition coefficient (Wildman–Crippen LogP) is 2.44. The third-order valence-corrected chi connectivity index (χ3v) is 3.46. The fourth-order valence-corrected chi connectivity index (χ4v) is 2.23. The van der Waals surface area contributed by atoms with Crippen molar-refractivity contribution >= 4 is 5.82 Å². The molecule has 0 aromatic carbocycles. The Morgan fingerprint density at radius 3 is 2.90 bits per heavy atom. The number of ether oxygens (including phenoxy) is 1. The van der Waals surface area contributed by atoms with Crippen LogP contribution in [-0.2, 0) is 11.3 Å². The molecule has 1 N–H and O–H groups in total. The van der Waals surface area contributed by atoms with E-state index >= 15 is 0 Å². The zero-order chi connectivity index (χ0) is 14.4. The standard InChI is InChI=1S/C16H27N3O/c1-13(2)12-19(8-9-20-3)16-10-14(6-7-17-16)11-18-15-4-5-15/h6-7,10,13,15,18H,4-5,8-9,11-12H2,1-3H3. The SMILES string of the molecule is COCCN(CC(C)C)c1cc(CNC2CC2)ccn1. The molecule has 2 rings (SSSR count). The van der Waals surface area contributed by atoms with Crippen LogP contribution in [0.2, 0.25) is 0 Å². The number of hydrogen-bond acceptors (Lipinski definition) is 4. The van der Waals surface area contributed by atoms with Gasteiger partial charge < -0.3 is 15.0 Å². The molecule has 0 spiro atoms. The molecule has 0 unspecified atom stereocenters. The largest absolute Gasteiger partial charge is 0.383 e. The van der Waals surface area contributed by atoms with Crippen molar-refractivity contribution in [2.24, 2.45) is 5.92 Å². The molecule has 0 amide bonds. The fraction of sp³-hybridized carbons (Fsp3) is 0.688. The zero-order valence-corrected chi connectivity index (χ0v) is 12.9. The highest BCUT2D eigenvalue weighted by atomic mass is 16.5. The topological polar surface area (TPSA) is 37.4 Å². The Hall–Kier alpha value is -1.13. The van der Waals surface area contributed by atoms with Crippen molar-refractivity contribution in [2.45, 2.75) is 39.3 Å². The second-order valence-corrected chi connectivity index (χ2v) is 6.01. The first-order valence-corrected chi connectivity index (χ1v) is 7.61. The van der Waals surface area contributed by atoms with E-state index in [1.165, 1.54) is 18.4 Å². The Labute approximate surface area is 122 Å². The highest BCUT2D eigenvalue weighted by Crippen LogP contribution is 2.20. The average molecular weight is 277 g/mol. The molecule has 1 aliphatic rings. The third kappa shape index (κ3) is 5.10. The summed E-state index contributed by atoms with van der Waals surface area (Å²) in [6.45, 7) is 8.05. The smallest absolute Gasteiger partial charge is 0.128 e. The Bertz CT molecular complexity index is 404. The number of nitrogens with zero attached hydrogens (tertiary/aromatic N) is 2. The molecule has 0 atom stereocenters. The van der Waals surface area contributed by atoms with Gasteiger partial charge in [-0.25, -0.2) is 4.98 Å². The minimum Gasteiger partial charge on any atom is -0.383 e. The number of rotatable bonds is 9. The van der Waals surface area contributed by atoms with Gasteiger partial charge in [-0.3, -0.25) is 0 Å². The molecule has 0 saturated heterocycles. The molecule has 1 aromatic heterocycles. The van der Waals surface area contributed by atoms with E-state index < -0.39 is 0 Å². The molecule has 1 saturated carbocycles. The fourth-order valence-electron chi connectivity index (χ4n) is 2.23. The number of anilines is 1. The summed E-state index contributed by atoms with van der Waals surface area (Å²) in [6.07, 6.45) is 4.57. The lowest BCUT2D eigenvalue weighted by Crippen LogP contribution is -2.31. The van der Waals surface area contributed by atoms with Crippen molar-refractivity contribution < 1.29 is 4.74 Å². The van der Waals surface area contributed by atoms with Crippen LogP contribution in [0.15, 0.2) is 18.3 Å².